The summed E-state index contributed by atoms with van der Waals surface area (Å²) in [5, 5.41) is 5.16. The first-order chi connectivity index (χ1) is 14.3. The molecule has 2 heterocycles. The predicted molar refractivity (Wildman–Crippen MR) is 119 cm³/mol. The van der Waals surface area contributed by atoms with Crippen molar-refractivity contribution in [2.75, 3.05) is 11.9 Å². The van der Waals surface area contributed by atoms with Crippen molar-refractivity contribution in [2.24, 2.45) is 0 Å². The number of anilines is 1. The molecule has 0 radical (unpaired) electrons. The van der Waals surface area contributed by atoms with Crippen molar-refractivity contribution in [2.45, 2.75) is 37.6 Å². The lowest BCUT2D eigenvalue weighted by Crippen LogP contribution is -2.43. The molecular weight excluding hydrogens is 418 g/mol. The standard InChI is InChI=1S/C22H23N3O3S2/c1-15-5-9-17(10-6-15)19-14-29-22(23-19)24-21(26)20-4-3-13-25(20)30(27,28)18-11-7-16(2)8-12-18/h5-12,14,20H,3-4,13H2,1-2H3,(H,23,24,26)/t20-/m1/s1. The first-order valence-electron chi connectivity index (χ1n) is 9.76. The van der Waals surface area contributed by atoms with E-state index in [1.165, 1.54) is 21.2 Å². The van der Waals surface area contributed by atoms with Gasteiger partial charge >= 0.3 is 0 Å². The first-order valence-corrected chi connectivity index (χ1v) is 12.1. The van der Waals surface area contributed by atoms with Gasteiger partial charge in [0.1, 0.15) is 6.04 Å². The average Bonchev–Trinajstić information content (AvgIpc) is 3.39. The molecule has 1 atom stereocenters. The highest BCUT2D eigenvalue weighted by Crippen LogP contribution is 2.29. The van der Waals surface area contributed by atoms with Gasteiger partial charge in [0.25, 0.3) is 0 Å². The number of aryl methyl sites for hydroxylation is 2. The van der Waals surface area contributed by atoms with Crippen LogP contribution in [-0.2, 0) is 14.8 Å². The smallest absolute Gasteiger partial charge is 0.244 e. The summed E-state index contributed by atoms with van der Waals surface area (Å²) in [4.78, 5) is 17.6. The van der Waals surface area contributed by atoms with E-state index in [9.17, 15) is 13.2 Å². The molecule has 6 nitrogen and oxygen atoms in total. The van der Waals surface area contributed by atoms with Gasteiger partial charge in [0.2, 0.25) is 15.9 Å². The highest BCUT2D eigenvalue weighted by Gasteiger charge is 2.39. The number of nitrogens with zero attached hydrogens (tertiary/aromatic N) is 2. The Bertz CT molecular complexity index is 1150. The van der Waals surface area contributed by atoms with Gasteiger partial charge in [-0.1, -0.05) is 47.5 Å². The summed E-state index contributed by atoms with van der Waals surface area (Å²) in [5.74, 6) is -0.340. The summed E-state index contributed by atoms with van der Waals surface area (Å²) >= 11 is 1.33. The number of rotatable bonds is 5. The number of amides is 1. The molecule has 8 heteroatoms. The highest BCUT2D eigenvalue weighted by atomic mass is 32.2. The number of carbonyl (C=O) groups excluding carboxylic acids is 1. The van der Waals surface area contributed by atoms with E-state index < -0.39 is 16.1 Å². The minimum atomic E-state index is -3.73. The molecule has 1 amide bonds. The molecule has 0 aliphatic carbocycles. The monoisotopic (exact) mass is 441 g/mol. The van der Waals surface area contributed by atoms with Gasteiger partial charge in [0.05, 0.1) is 10.6 Å². The lowest BCUT2D eigenvalue weighted by molar-refractivity contribution is -0.119. The van der Waals surface area contributed by atoms with Gasteiger partial charge in [0, 0.05) is 17.5 Å². The fourth-order valence-electron chi connectivity index (χ4n) is 3.51. The maximum atomic E-state index is 13.1. The van der Waals surface area contributed by atoms with Gasteiger partial charge < -0.3 is 5.32 Å². The van der Waals surface area contributed by atoms with Gasteiger partial charge in [-0.3, -0.25) is 4.79 Å². The molecule has 156 valence electrons. The summed E-state index contributed by atoms with van der Waals surface area (Å²) in [6.07, 6.45) is 1.14. The Balaban J connectivity index is 1.50. The molecule has 0 saturated carbocycles. The van der Waals surface area contributed by atoms with E-state index in [0.29, 0.717) is 24.5 Å². The molecule has 0 bridgehead atoms. The number of hydrogen-bond donors (Lipinski definition) is 1. The third-order valence-corrected chi connectivity index (χ3v) is 7.90. The molecule has 1 N–H and O–H groups in total. The lowest BCUT2D eigenvalue weighted by atomic mass is 10.1. The predicted octanol–water partition coefficient (Wildman–Crippen LogP) is 4.22. The van der Waals surface area contributed by atoms with Crippen LogP contribution >= 0.6 is 11.3 Å². The Hall–Kier alpha value is -2.55. The molecule has 1 aliphatic rings. The minimum absolute atomic E-state index is 0.212. The van der Waals surface area contributed by atoms with E-state index in [2.05, 4.69) is 10.3 Å². The molecule has 1 saturated heterocycles. The zero-order chi connectivity index (χ0) is 21.3. The summed E-state index contributed by atoms with van der Waals surface area (Å²) in [5.41, 5.74) is 3.91. The molecule has 3 aromatic rings. The van der Waals surface area contributed by atoms with Crippen LogP contribution in [0, 0.1) is 13.8 Å². The van der Waals surface area contributed by atoms with Crippen molar-refractivity contribution in [3.8, 4) is 11.3 Å². The third-order valence-electron chi connectivity index (χ3n) is 5.22. The first kappa shape index (κ1) is 20.7. The second-order valence-electron chi connectivity index (χ2n) is 7.48. The maximum Gasteiger partial charge on any atom is 0.244 e. The zero-order valence-corrected chi connectivity index (χ0v) is 18.5. The van der Waals surface area contributed by atoms with Crippen LogP contribution in [0.3, 0.4) is 0 Å². The van der Waals surface area contributed by atoms with E-state index in [1.807, 2.05) is 43.5 Å². The molecule has 1 aromatic heterocycles. The van der Waals surface area contributed by atoms with Crippen molar-refractivity contribution in [3.05, 3.63) is 65.0 Å². The summed E-state index contributed by atoms with van der Waals surface area (Å²) in [7, 11) is -3.73. The molecule has 2 aromatic carbocycles. The molecule has 4 rings (SSSR count). The fraction of sp³-hybridized carbons (Fsp3) is 0.273. The lowest BCUT2D eigenvalue weighted by Gasteiger charge is -2.23. The number of sulfonamides is 1. The number of aromatic nitrogens is 1. The quantitative estimate of drug-likeness (QED) is 0.643. The zero-order valence-electron chi connectivity index (χ0n) is 16.8. The Morgan fingerprint density at radius 1 is 1.07 bits per heavy atom. The molecular formula is C22H23N3O3S2. The van der Waals surface area contributed by atoms with Crippen LogP contribution in [0.15, 0.2) is 58.8 Å². The van der Waals surface area contributed by atoms with Crippen LogP contribution in [0.25, 0.3) is 11.3 Å². The summed E-state index contributed by atoms with van der Waals surface area (Å²) in [6.45, 7) is 4.26. The molecule has 0 unspecified atom stereocenters. The fourth-order valence-corrected chi connectivity index (χ4v) is 5.89. The maximum absolute atomic E-state index is 13.1. The van der Waals surface area contributed by atoms with Crippen LogP contribution in [0.5, 0.6) is 0 Å². The second-order valence-corrected chi connectivity index (χ2v) is 10.2. The molecule has 1 fully saturated rings. The van der Waals surface area contributed by atoms with Crippen molar-refractivity contribution >= 4 is 32.4 Å². The SMILES string of the molecule is Cc1ccc(-c2csc(NC(=O)[C@H]3CCCN3S(=O)(=O)c3ccc(C)cc3)n2)cc1. The van der Waals surface area contributed by atoms with E-state index in [1.54, 1.807) is 24.3 Å². The molecule has 30 heavy (non-hydrogen) atoms. The topological polar surface area (TPSA) is 79.4 Å². The van der Waals surface area contributed by atoms with E-state index in [-0.39, 0.29) is 10.8 Å². The number of nitrogens with one attached hydrogen (secondary N) is 1. The second kappa shape index (κ2) is 8.29. The molecule has 1 aliphatic heterocycles. The van der Waals surface area contributed by atoms with E-state index in [4.69, 9.17) is 0 Å². The Morgan fingerprint density at radius 3 is 2.37 bits per heavy atom. The highest BCUT2D eigenvalue weighted by molar-refractivity contribution is 7.89. The third kappa shape index (κ3) is 4.16. The number of thiazole rings is 1. The van der Waals surface area contributed by atoms with Gasteiger partial charge in [-0.15, -0.1) is 11.3 Å². The van der Waals surface area contributed by atoms with Crippen molar-refractivity contribution in [1.29, 1.82) is 0 Å². The number of hydrogen-bond acceptors (Lipinski definition) is 5. The van der Waals surface area contributed by atoms with Crippen LogP contribution < -0.4 is 5.32 Å². The van der Waals surface area contributed by atoms with E-state index >= 15 is 0 Å². The van der Waals surface area contributed by atoms with Crippen molar-refractivity contribution in [3.63, 3.8) is 0 Å². The Morgan fingerprint density at radius 2 is 1.70 bits per heavy atom. The van der Waals surface area contributed by atoms with Crippen LogP contribution in [0.1, 0.15) is 24.0 Å². The van der Waals surface area contributed by atoms with Gasteiger partial charge in [-0.2, -0.15) is 4.31 Å². The summed E-state index contributed by atoms with van der Waals surface area (Å²) in [6, 6.07) is 14.0. The Labute approximate surface area is 180 Å². The number of carbonyl (C=O) groups is 1. The van der Waals surface area contributed by atoms with Crippen LogP contribution in [-0.4, -0.2) is 36.2 Å². The Kier molecular flexibility index (Phi) is 5.73. The average molecular weight is 442 g/mol. The van der Waals surface area contributed by atoms with Gasteiger partial charge in [0.15, 0.2) is 5.13 Å². The van der Waals surface area contributed by atoms with Crippen LogP contribution in [0.4, 0.5) is 5.13 Å². The van der Waals surface area contributed by atoms with Gasteiger partial charge in [-0.25, -0.2) is 13.4 Å². The largest absolute Gasteiger partial charge is 0.301 e. The van der Waals surface area contributed by atoms with Crippen molar-refractivity contribution < 1.29 is 13.2 Å². The van der Waals surface area contributed by atoms with E-state index in [0.717, 1.165) is 16.8 Å². The summed E-state index contributed by atoms with van der Waals surface area (Å²) < 4.78 is 27.4. The van der Waals surface area contributed by atoms with Gasteiger partial charge in [-0.05, 0) is 38.8 Å². The van der Waals surface area contributed by atoms with Crippen molar-refractivity contribution in [1.82, 2.24) is 9.29 Å². The minimum Gasteiger partial charge on any atom is -0.301 e. The normalized spacial score (nSPS) is 17.2. The number of benzene rings is 2. The van der Waals surface area contributed by atoms with Crippen LogP contribution in [0.2, 0.25) is 0 Å². The molecule has 0 spiro atoms.